The van der Waals surface area contributed by atoms with Gasteiger partial charge in [0, 0.05) is 11.1 Å². The maximum atomic E-state index is 12.5. The molecule has 0 saturated heterocycles. The molecule has 0 radical (unpaired) electrons. The quantitative estimate of drug-likeness (QED) is 0.507. The number of rotatable bonds is 6. The van der Waals surface area contributed by atoms with Gasteiger partial charge in [-0.15, -0.1) is 0 Å². The third-order valence-electron chi connectivity index (χ3n) is 4.41. The molecule has 1 heterocycles. The van der Waals surface area contributed by atoms with Crippen LogP contribution < -0.4 is 5.32 Å². The molecule has 1 amide bonds. The first-order chi connectivity index (χ1) is 14.2. The molecule has 0 unspecified atom stereocenters. The van der Waals surface area contributed by atoms with Gasteiger partial charge in [0.2, 0.25) is 0 Å². The number of amides is 1. The van der Waals surface area contributed by atoms with Crippen LogP contribution in [0.25, 0.3) is 22.2 Å². The molecule has 6 nitrogen and oxygen atoms in total. The van der Waals surface area contributed by atoms with Crippen LogP contribution in [0.4, 0.5) is 0 Å². The Balaban J connectivity index is 1.41. The topological polar surface area (TPSA) is 81.4 Å². The van der Waals surface area contributed by atoms with Crippen LogP contribution in [0, 0.1) is 0 Å². The Morgan fingerprint density at radius 2 is 1.66 bits per heavy atom. The van der Waals surface area contributed by atoms with Crippen LogP contribution in [-0.2, 0) is 16.1 Å². The van der Waals surface area contributed by atoms with E-state index in [0.717, 1.165) is 16.5 Å². The lowest BCUT2D eigenvalue weighted by Crippen LogP contribution is -2.30. The van der Waals surface area contributed by atoms with E-state index in [9.17, 15) is 9.59 Å². The minimum Gasteiger partial charge on any atom is -0.460 e. The molecule has 0 spiro atoms. The zero-order chi connectivity index (χ0) is 20.1. The summed E-state index contributed by atoms with van der Waals surface area (Å²) in [4.78, 5) is 24.4. The Bertz CT molecular complexity index is 1140. The molecule has 4 aromatic rings. The van der Waals surface area contributed by atoms with Crippen molar-refractivity contribution in [2.24, 2.45) is 0 Å². The second-order valence-electron chi connectivity index (χ2n) is 6.44. The van der Waals surface area contributed by atoms with Crippen LogP contribution in [-0.4, -0.2) is 23.6 Å². The number of esters is 1. The number of aromatic nitrogens is 1. The van der Waals surface area contributed by atoms with Crippen LogP contribution in [0.3, 0.4) is 0 Å². The molecule has 0 atom stereocenters. The molecule has 1 N–H and O–H groups in total. The molecule has 0 saturated carbocycles. The first-order valence-electron chi connectivity index (χ1n) is 9.13. The van der Waals surface area contributed by atoms with Crippen LogP contribution in [0.5, 0.6) is 0 Å². The van der Waals surface area contributed by atoms with E-state index in [0.29, 0.717) is 16.8 Å². The zero-order valence-corrected chi connectivity index (χ0v) is 15.5. The average Bonchev–Trinajstić information content (AvgIpc) is 3.20. The van der Waals surface area contributed by atoms with E-state index in [1.165, 1.54) is 0 Å². The predicted octanol–water partition coefficient (Wildman–Crippen LogP) is 3.97. The molecule has 0 aliphatic rings. The lowest BCUT2D eigenvalue weighted by Gasteiger charge is -2.07. The van der Waals surface area contributed by atoms with Crippen molar-refractivity contribution < 1.29 is 18.8 Å². The van der Waals surface area contributed by atoms with E-state index in [-0.39, 0.29) is 19.1 Å². The van der Waals surface area contributed by atoms with E-state index in [1.54, 1.807) is 18.2 Å². The van der Waals surface area contributed by atoms with Crippen LogP contribution in [0.2, 0.25) is 0 Å². The van der Waals surface area contributed by atoms with E-state index < -0.39 is 5.97 Å². The number of ether oxygens (including phenoxy) is 1. The molecule has 0 fully saturated rings. The second kappa shape index (κ2) is 8.39. The molecule has 1 aromatic heterocycles. The lowest BCUT2D eigenvalue weighted by atomic mass is 10.1. The van der Waals surface area contributed by atoms with Crippen molar-refractivity contribution in [1.82, 2.24) is 10.5 Å². The summed E-state index contributed by atoms with van der Waals surface area (Å²) in [6.07, 6.45) is 0. The van der Waals surface area contributed by atoms with Crippen molar-refractivity contribution >= 4 is 22.8 Å². The minimum atomic E-state index is -0.502. The largest absolute Gasteiger partial charge is 0.460 e. The molecule has 4 rings (SSSR count). The average molecular weight is 386 g/mol. The highest BCUT2D eigenvalue weighted by atomic mass is 16.5. The lowest BCUT2D eigenvalue weighted by molar-refractivity contribution is -0.143. The summed E-state index contributed by atoms with van der Waals surface area (Å²) in [6, 6.07) is 24.0. The van der Waals surface area contributed by atoms with E-state index in [4.69, 9.17) is 9.26 Å². The smallest absolute Gasteiger partial charge is 0.325 e. The Kier molecular flexibility index (Phi) is 5.33. The van der Waals surface area contributed by atoms with Crippen molar-refractivity contribution in [3.05, 3.63) is 90.0 Å². The fourth-order valence-corrected chi connectivity index (χ4v) is 2.92. The summed E-state index contributed by atoms with van der Waals surface area (Å²) in [5.41, 5.74) is 2.83. The monoisotopic (exact) mass is 386 g/mol. The zero-order valence-electron chi connectivity index (χ0n) is 15.5. The standard InChI is InChI=1S/C23H18N2O4/c26-21(28-15-16-7-3-1-4-8-16)14-24-23(27)18-11-12-20-19(13-18)22(29-25-20)17-9-5-2-6-10-17/h1-13H,14-15H2,(H,24,27). The highest BCUT2D eigenvalue weighted by Gasteiger charge is 2.15. The fourth-order valence-electron chi connectivity index (χ4n) is 2.92. The first-order valence-corrected chi connectivity index (χ1v) is 9.13. The van der Waals surface area contributed by atoms with Gasteiger partial charge in [0.15, 0.2) is 5.76 Å². The summed E-state index contributed by atoms with van der Waals surface area (Å²) < 4.78 is 10.6. The third-order valence-corrected chi connectivity index (χ3v) is 4.41. The Labute approximate surface area is 167 Å². The van der Waals surface area contributed by atoms with Gasteiger partial charge in [-0.3, -0.25) is 9.59 Å². The Morgan fingerprint density at radius 1 is 0.931 bits per heavy atom. The minimum absolute atomic E-state index is 0.169. The maximum Gasteiger partial charge on any atom is 0.325 e. The number of nitrogens with zero attached hydrogens (tertiary/aromatic N) is 1. The summed E-state index contributed by atoms with van der Waals surface area (Å²) in [6.45, 7) is -0.0402. The third kappa shape index (κ3) is 4.32. The van der Waals surface area contributed by atoms with Gasteiger partial charge in [-0.25, -0.2) is 0 Å². The van der Waals surface area contributed by atoms with Crippen molar-refractivity contribution in [2.45, 2.75) is 6.61 Å². The van der Waals surface area contributed by atoms with Gasteiger partial charge in [-0.2, -0.15) is 0 Å². The van der Waals surface area contributed by atoms with Gasteiger partial charge < -0.3 is 14.6 Å². The number of hydrogen-bond acceptors (Lipinski definition) is 5. The number of hydrogen-bond donors (Lipinski definition) is 1. The molecule has 0 bridgehead atoms. The first kappa shape index (κ1) is 18.4. The van der Waals surface area contributed by atoms with Crippen molar-refractivity contribution in [3.63, 3.8) is 0 Å². The Hall–Kier alpha value is -3.93. The summed E-state index contributed by atoms with van der Waals surface area (Å²) in [7, 11) is 0. The number of benzene rings is 3. The number of carbonyl (C=O) groups excluding carboxylic acids is 2. The molecule has 0 aliphatic carbocycles. The highest BCUT2D eigenvalue weighted by Crippen LogP contribution is 2.29. The second-order valence-corrected chi connectivity index (χ2v) is 6.44. The number of fused-ring (bicyclic) bond motifs is 1. The molecule has 144 valence electrons. The van der Waals surface area contributed by atoms with Gasteiger partial charge in [0.1, 0.15) is 18.7 Å². The number of nitrogens with one attached hydrogen (secondary N) is 1. The van der Waals surface area contributed by atoms with Crippen LogP contribution >= 0.6 is 0 Å². The number of carbonyl (C=O) groups is 2. The molecule has 6 heteroatoms. The predicted molar refractivity (Wildman–Crippen MR) is 108 cm³/mol. The van der Waals surface area contributed by atoms with Gasteiger partial charge >= 0.3 is 5.97 Å². The van der Waals surface area contributed by atoms with Gasteiger partial charge in [0.25, 0.3) is 5.91 Å². The van der Waals surface area contributed by atoms with Crippen LogP contribution in [0.1, 0.15) is 15.9 Å². The molecule has 3 aromatic carbocycles. The van der Waals surface area contributed by atoms with E-state index >= 15 is 0 Å². The molecular formula is C23H18N2O4. The van der Waals surface area contributed by atoms with Gasteiger partial charge in [-0.05, 0) is 23.8 Å². The molecule has 0 aliphatic heterocycles. The van der Waals surface area contributed by atoms with Crippen molar-refractivity contribution in [3.8, 4) is 11.3 Å². The summed E-state index contributed by atoms with van der Waals surface area (Å²) in [5, 5.41) is 7.36. The Morgan fingerprint density at radius 3 is 2.41 bits per heavy atom. The van der Waals surface area contributed by atoms with Crippen molar-refractivity contribution in [1.29, 1.82) is 0 Å². The SMILES string of the molecule is O=C(CNC(=O)c1ccc2noc(-c3ccccc3)c2c1)OCc1ccccc1. The van der Waals surface area contributed by atoms with Crippen molar-refractivity contribution in [2.75, 3.05) is 6.54 Å². The van der Waals surface area contributed by atoms with E-state index in [1.807, 2.05) is 60.7 Å². The maximum absolute atomic E-state index is 12.5. The van der Waals surface area contributed by atoms with Gasteiger partial charge in [0.05, 0.1) is 5.39 Å². The van der Waals surface area contributed by atoms with Gasteiger partial charge in [-0.1, -0.05) is 65.8 Å². The molecule has 29 heavy (non-hydrogen) atoms. The van der Waals surface area contributed by atoms with Crippen LogP contribution in [0.15, 0.2) is 83.4 Å². The van der Waals surface area contributed by atoms with E-state index in [2.05, 4.69) is 10.5 Å². The highest BCUT2D eigenvalue weighted by molar-refractivity contribution is 6.01. The summed E-state index contributed by atoms with van der Waals surface area (Å²) in [5.74, 6) is -0.278. The summed E-state index contributed by atoms with van der Waals surface area (Å²) >= 11 is 0. The fraction of sp³-hybridized carbons (Fsp3) is 0.0870. The normalized spacial score (nSPS) is 10.6. The molecular weight excluding hydrogens is 368 g/mol.